The molecular formula is C12H14F9N3O8S3. The predicted octanol–water partition coefficient (Wildman–Crippen LogP) is -0.161. The quantitative estimate of drug-likeness (QED) is 0.299. The van der Waals surface area contributed by atoms with E-state index < -0.39 is 98.6 Å². The van der Waals surface area contributed by atoms with Crippen LogP contribution < -0.4 is 4.13 Å². The van der Waals surface area contributed by atoms with Gasteiger partial charge in [0.15, 0.2) is 0 Å². The van der Waals surface area contributed by atoms with Crippen LogP contribution in [-0.4, -0.2) is 101 Å². The number of alkyl halides is 9. The van der Waals surface area contributed by atoms with Gasteiger partial charge in [-0.1, -0.05) is 4.13 Å². The minimum atomic E-state index is -7.82. The molecule has 2 aliphatic rings. The number of halogens is 9. The first-order valence-corrected chi connectivity index (χ1v) is 13.2. The second-order valence-electron chi connectivity index (χ2n) is 7.06. The molecule has 2 heterocycles. The molecular weight excluding hydrogens is 581 g/mol. The number of carbonyl (C=O) groups is 1. The molecule has 0 radical (unpaired) electrons. The third-order valence-corrected chi connectivity index (χ3v) is 10.1. The Hall–Kier alpha value is -1.43. The van der Waals surface area contributed by atoms with Crippen LogP contribution in [-0.2, 0) is 39.6 Å². The van der Waals surface area contributed by atoms with Crippen LogP contribution in [0.15, 0.2) is 0 Å². The maximum atomic E-state index is 14.3. The molecule has 23 heteroatoms. The van der Waals surface area contributed by atoms with Crippen molar-refractivity contribution < 1.29 is 74.3 Å². The summed E-state index contributed by atoms with van der Waals surface area (Å²) < 4.78 is 193. The summed E-state index contributed by atoms with van der Waals surface area (Å²) in [5.41, 5.74) is -6.65. The van der Waals surface area contributed by atoms with Gasteiger partial charge in [-0.05, 0) is 0 Å². The Morgan fingerprint density at radius 3 is 1.66 bits per heavy atom. The van der Waals surface area contributed by atoms with E-state index in [0.29, 0.717) is 0 Å². The summed E-state index contributed by atoms with van der Waals surface area (Å²) >= 11 is 0. The van der Waals surface area contributed by atoms with Crippen LogP contribution in [0.25, 0.3) is 0 Å². The molecule has 0 saturated carbocycles. The third kappa shape index (κ3) is 4.81. The zero-order valence-electron chi connectivity index (χ0n) is 16.6. The Kier molecular flexibility index (Phi) is 7.53. The van der Waals surface area contributed by atoms with Crippen LogP contribution in [0.2, 0.25) is 0 Å². The highest BCUT2D eigenvalue weighted by atomic mass is 32.3. The van der Waals surface area contributed by atoms with E-state index in [0.717, 1.165) is 0 Å². The highest BCUT2D eigenvalue weighted by Gasteiger charge is 2.83. The minimum absolute atomic E-state index is 0.0199. The topological polar surface area (TPSA) is 147 Å². The van der Waals surface area contributed by atoms with Gasteiger partial charge in [-0.3, -0.25) is 9.69 Å². The van der Waals surface area contributed by atoms with Crippen LogP contribution in [0.5, 0.6) is 0 Å². The van der Waals surface area contributed by atoms with Crippen LogP contribution in [0, 0.1) is 0 Å². The smallest absolute Gasteiger partial charge is 0.464 e. The fourth-order valence-electron chi connectivity index (χ4n) is 2.98. The maximum Gasteiger partial charge on any atom is 0.512 e. The fourth-order valence-corrected chi connectivity index (χ4v) is 6.88. The van der Waals surface area contributed by atoms with Gasteiger partial charge in [0.1, 0.15) is 6.04 Å². The molecule has 0 aromatic heterocycles. The molecule has 0 unspecified atom stereocenters. The summed E-state index contributed by atoms with van der Waals surface area (Å²) in [6.45, 7) is -3.22. The highest BCUT2D eigenvalue weighted by Crippen LogP contribution is 2.51. The molecule has 206 valence electrons. The number of rotatable bonds is 8. The molecule has 0 aromatic rings. The number of sulfonamides is 3. The minimum Gasteiger partial charge on any atom is -0.464 e. The lowest BCUT2D eigenvalue weighted by atomic mass is 10.2. The summed E-state index contributed by atoms with van der Waals surface area (Å²) in [4.78, 5) is 12.8. The Balaban J connectivity index is 2.34. The van der Waals surface area contributed by atoms with Gasteiger partial charge in [-0.2, -0.15) is 43.8 Å². The first-order chi connectivity index (χ1) is 15.4. The average molecular weight is 595 g/mol. The van der Waals surface area contributed by atoms with Crippen molar-refractivity contribution >= 4 is 36.0 Å². The van der Waals surface area contributed by atoms with E-state index in [1.807, 2.05) is 0 Å². The summed E-state index contributed by atoms with van der Waals surface area (Å²) in [5, 5.41) is -14.3. The summed E-state index contributed by atoms with van der Waals surface area (Å²) in [6, 6.07) is -0.919. The number of nitrogens with zero attached hydrogens (tertiary/aromatic N) is 2. The van der Waals surface area contributed by atoms with Crippen molar-refractivity contribution in [2.75, 3.05) is 32.8 Å². The van der Waals surface area contributed by atoms with Crippen molar-refractivity contribution in [3.05, 3.63) is 0 Å². The molecule has 11 nitrogen and oxygen atoms in total. The van der Waals surface area contributed by atoms with Gasteiger partial charge in [0.25, 0.3) is 20.0 Å². The molecule has 35 heavy (non-hydrogen) atoms. The molecule has 0 aliphatic carbocycles. The van der Waals surface area contributed by atoms with Gasteiger partial charge < -0.3 is 4.74 Å². The van der Waals surface area contributed by atoms with Crippen molar-refractivity contribution in [2.45, 2.75) is 34.4 Å². The normalized spacial score (nSPS) is 22.9. The van der Waals surface area contributed by atoms with Gasteiger partial charge >= 0.3 is 37.9 Å². The highest BCUT2D eigenvalue weighted by molar-refractivity contribution is 8.05. The van der Waals surface area contributed by atoms with Crippen LogP contribution in [0.4, 0.5) is 39.5 Å². The van der Waals surface area contributed by atoms with Crippen LogP contribution >= 0.6 is 0 Å². The zero-order chi connectivity index (χ0) is 27.5. The number of cyclic esters (lactones) is 1. The van der Waals surface area contributed by atoms with Crippen molar-refractivity contribution in [1.29, 1.82) is 0 Å². The SMILES string of the molecule is O=C1OCC[C@H]1N1CCN(S(=O)(=O)C(F)(F)C(F)(F)C(F)(F)S(=O)(=O)NS(=O)(=O)C(F)(F)F)CC1. The Bertz CT molecular complexity index is 1160. The molecule has 2 aliphatic heterocycles. The summed E-state index contributed by atoms with van der Waals surface area (Å²) in [5.74, 6) is -8.22. The molecule has 0 spiro atoms. The van der Waals surface area contributed by atoms with Crippen LogP contribution in [0.3, 0.4) is 0 Å². The maximum absolute atomic E-state index is 14.3. The van der Waals surface area contributed by atoms with Gasteiger partial charge in [-0.15, -0.1) is 0 Å². The number of hydrogen-bond donors (Lipinski definition) is 1. The number of esters is 1. The fraction of sp³-hybridized carbons (Fsp3) is 0.917. The van der Waals surface area contributed by atoms with Crippen LogP contribution in [0.1, 0.15) is 6.42 Å². The molecule has 2 rings (SSSR count). The zero-order valence-corrected chi connectivity index (χ0v) is 19.1. The van der Waals surface area contributed by atoms with Gasteiger partial charge in [0.2, 0.25) is 0 Å². The number of ether oxygens (including phenoxy) is 1. The Labute approximate surface area is 191 Å². The van der Waals surface area contributed by atoms with Crippen molar-refractivity contribution in [3.63, 3.8) is 0 Å². The summed E-state index contributed by atoms with van der Waals surface area (Å²) in [6.07, 6.45) is 0.123. The standard InChI is InChI=1S/C12H14F9N3O8S3/c13-9(14,10(15,16)33(26,27)22-34(28,29)12(19,20)21)11(17,18)35(30,31)24-4-2-23(3-5-24)7-1-6-32-8(7)25/h7,22H,1-6H2/t7-/m1/s1. The first kappa shape index (κ1) is 29.8. The molecule has 2 saturated heterocycles. The molecule has 2 fully saturated rings. The van der Waals surface area contributed by atoms with Gasteiger partial charge in [-0.25, -0.2) is 25.3 Å². The lowest BCUT2D eigenvalue weighted by molar-refractivity contribution is -0.245. The Morgan fingerprint density at radius 1 is 0.771 bits per heavy atom. The first-order valence-electron chi connectivity index (χ1n) is 8.82. The van der Waals surface area contributed by atoms with Crippen molar-refractivity contribution in [2.24, 2.45) is 0 Å². The van der Waals surface area contributed by atoms with E-state index in [-0.39, 0.29) is 13.0 Å². The largest absolute Gasteiger partial charge is 0.512 e. The second kappa shape index (κ2) is 8.85. The van der Waals surface area contributed by atoms with E-state index in [1.165, 1.54) is 4.90 Å². The van der Waals surface area contributed by atoms with Crippen molar-refractivity contribution in [1.82, 2.24) is 13.3 Å². The number of nitrogens with one attached hydrogen (secondary N) is 1. The van der Waals surface area contributed by atoms with Gasteiger partial charge in [0, 0.05) is 32.6 Å². The molecule has 0 bridgehead atoms. The average Bonchev–Trinajstić information content (AvgIpc) is 3.11. The van der Waals surface area contributed by atoms with E-state index in [9.17, 15) is 69.6 Å². The number of carbonyl (C=O) groups excluding carboxylic acids is 1. The van der Waals surface area contributed by atoms with Crippen molar-refractivity contribution in [3.8, 4) is 0 Å². The van der Waals surface area contributed by atoms with E-state index in [2.05, 4.69) is 4.74 Å². The van der Waals surface area contributed by atoms with E-state index in [4.69, 9.17) is 0 Å². The molecule has 0 amide bonds. The molecule has 0 aromatic carbocycles. The number of hydrogen-bond acceptors (Lipinski definition) is 9. The molecule has 1 atom stereocenters. The second-order valence-corrected chi connectivity index (χ2v) is 12.7. The summed E-state index contributed by atoms with van der Waals surface area (Å²) in [7, 11) is -22.0. The number of piperazine rings is 1. The lowest BCUT2D eigenvalue weighted by Gasteiger charge is -2.39. The third-order valence-electron chi connectivity index (χ3n) is 4.88. The predicted molar refractivity (Wildman–Crippen MR) is 93.3 cm³/mol. The van der Waals surface area contributed by atoms with Gasteiger partial charge in [0.05, 0.1) is 6.61 Å². The lowest BCUT2D eigenvalue weighted by Crippen LogP contribution is -2.66. The molecule has 1 N–H and O–H groups in total. The monoisotopic (exact) mass is 595 g/mol. The van der Waals surface area contributed by atoms with E-state index >= 15 is 0 Å². The van der Waals surface area contributed by atoms with E-state index in [1.54, 1.807) is 0 Å². The Morgan fingerprint density at radius 2 is 1.26 bits per heavy atom.